The molecule has 0 spiro atoms. The Balaban J connectivity index is 2.03. The van der Waals surface area contributed by atoms with Crippen LogP contribution in [0.5, 0.6) is 11.5 Å². The molecule has 0 fully saturated rings. The van der Waals surface area contributed by atoms with Crippen molar-refractivity contribution < 1.29 is 23.8 Å². The van der Waals surface area contributed by atoms with E-state index in [-0.39, 0.29) is 11.9 Å². The molecular weight excluding hydrogens is 320 g/mol. The Morgan fingerprint density at radius 1 is 0.920 bits per heavy atom. The second kappa shape index (κ2) is 8.87. The molecule has 0 aliphatic carbocycles. The van der Waals surface area contributed by atoms with Crippen LogP contribution in [0.2, 0.25) is 0 Å². The Kier molecular flexibility index (Phi) is 6.57. The number of rotatable bonds is 7. The van der Waals surface area contributed by atoms with Crippen LogP contribution in [-0.2, 0) is 4.74 Å². The highest BCUT2D eigenvalue weighted by Crippen LogP contribution is 2.18. The van der Waals surface area contributed by atoms with Crippen molar-refractivity contribution in [3.63, 3.8) is 0 Å². The maximum Gasteiger partial charge on any atom is 0.343 e. The van der Waals surface area contributed by atoms with Crippen LogP contribution in [0.4, 0.5) is 0 Å². The highest BCUT2D eigenvalue weighted by molar-refractivity contribution is 5.92. The largest absolute Gasteiger partial charge is 0.494 e. The second-order valence-electron chi connectivity index (χ2n) is 5.74. The normalized spacial score (nSPS) is 10.4. The lowest BCUT2D eigenvalue weighted by Gasteiger charge is -2.09. The maximum absolute atomic E-state index is 12.2. The zero-order valence-corrected chi connectivity index (χ0v) is 14.7. The average Bonchev–Trinajstić information content (AvgIpc) is 2.60. The molecule has 5 heteroatoms. The molecule has 0 radical (unpaired) electrons. The molecule has 0 amide bonds. The molecule has 0 aliphatic rings. The van der Waals surface area contributed by atoms with E-state index in [9.17, 15) is 9.59 Å². The number of hydrogen-bond donors (Lipinski definition) is 0. The van der Waals surface area contributed by atoms with Crippen molar-refractivity contribution in [1.82, 2.24) is 0 Å². The third-order valence-electron chi connectivity index (χ3n) is 3.19. The van der Waals surface area contributed by atoms with Gasteiger partial charge in [-0.05, 0) is 62.7 Å². The zero-order chi connectivity index (χ0) is 18.2. The number of benzene rings is 2. The Labute approximate surface area is 147 Å². The van der Waals surface area contributed by atoms with Crippen molar-refractivity contribution in [2.24, 2.45) is 0 Å². The van der Waals surface area contributed by atoms with Crippen molar-refractivity contribution >= 4 is 11.9 Å². The average molecular weight is 342 g/mol. The first-order valence-electron chi connectivity index (χ1n) is 8.25. The number of esters is 2. The summed E-state index contributed by atoms with van der Waals surface area (Å²) >= 11 is 0. The van der Waals surface area contributed by atoms with Gasteiger partial charge in [-0.25, -0.2) is 9.59 Å². The van der Waals surface area contributed by atoms with Gasteiger partial charge < -0.3 is 14.2 Å². The molecule has 25 heavy (non-hydrogen) atoms. The first-order valence-corrected chi connectivity index (χ1v) is 8.25. The molecule has 2 aromatic carbocycles. The predicted molar refractivity (Wildman–Crippen MR) is 94.2 cm³/mol. The third kappa shape index (κ3) is 5.64. The number of ether oxygens (including phenoxy) is 3. The van der Waals surface area contributed by atoms with E-state index in [4.69, 9.17) is 14.2 Å². The van der Waals surface area contributed by atoms with Crippen molar-refractivity contribution in [2.45, 2.75) is 33.3 Å². The van der Waals surface area contributed by atoms with Crippen molar-refractivity contribution in [3.05, 3.63) is 59.7 Å². The summed E-state index contributed by atoms with van der Waals surface area (Å²) in [7, 11) is 0. The highest BCUT2D eigenvalue weighted by atomic mass is 16.5. The Hall–Kier alpha value is -2.82. The molecule has 132 valence electrons. The van der Waals surface area contributed by atoms with Crippen LogP contribution in [0, 0.1) is 0 Å². The fourth-order valence-corrected chi connectivity index (χ4v) is 2.04. The summed E-state index contributed by atoms with van der Waals surface area (Å²) in [6.45, 7) is 6.20. The van der Waals surface area contributed by atoms with Crippen LogP contribution in [0.15, 0.2) is 48.5 Å². The summed E-state index contributed by atoms with van der Waals surface area (Å²) in [5.74, 6) is 0.0353. The van der Waals surface area contributed by atoms with E-state index in [0.29, 0.717) is 23.5 Å². The van der Waals surface area contributed by atoms with E-state index in [0.717, 1.165) is 6.42 Å². The lowest BCUT2D eigenvalue weighted by atomic mass is 10.2. The van der Waals surface area contributed by atoms with Gasteiger partial charge in [0.05, 0.1) is 23.8 Å². The summed E-state index contributed by atoms with van der Waals surface area (Å²) in [5.41, 5.74) is 0.737. The smallest absolute Gasteiger partial charge is 0.343 e. The quantitative estimate of drug-likeness (QED) is 0.556. The third-order valence-corrected chi connectivity index (χ3v) is 3.19. The molecule has 5 nitrogen and oxygen atoms in total. The molecule has 0 bridgehead atoms. The van der Waals surface area contributed by atoms with Gasteiger partial charge in [0, 0.05) is 0 Å². The molecule has 0 saturated carbocycles. The molecule has 0 saturated heterocycles. The predicted octanol–water partition coefficient (Wildman–Crippen LogP) is 4.26. The van der Waals surface area contributed by atoms with Gasteiger partial charge in [-0.15, -0.1) is 0 Å². The van der Waals surface area contributed by atoms with Gasteiger partial charge in [0.15, 0.2) is 0 Å². The van der Waals surface area contributed by atoms with Crippen LogP contribution in [-0.4, -0.2) is 24.6 Å². The van der Waals surface area contributed by atoms with Gasteiger partial charge in [-0.2, -0.15) is 0 Å². The van der Waals surface area contributed by atoms with E-state index in [2.05, 4.69) is 0 Å². The summed E-state index contributed by atoms with van der Waals surface area (Å²) in [6, 6.07) is 13.1. The summed E-state index contributed by atoms with van der Waals surface area (Å²) in [5, 5.41) is 0. The molecule has 0 unspecified atom stereocenters. The van der Waals surface area contributed by atoms with Crippen LogP contribution in [0.3, 0.4) is 0 Å². The van der Waals surface area contributed by atoms with E-state index in [1.54, 1.807) is 56.3 Å². The Morgan fingerprint density at radius 2 is 1.64 bits per heavy atom. The second-order valence-corrected chi connectivity index (χ2v) is 5.74. The van der Waals surface area contributed by atoms with Crippen LogP contribution < -0.4 is 9.47 Å². The number of carbonyl (C=O) groups excluding carboxylic acids is 2. The van der Waals surface area contributed by atoms with Crippen LogP contribution in [0.1, 0.15) is 47.9 Å². The first kappa shape index (κ1) is 18.5. The van der Waals surface area contributed by atoms with Gasteiger partial charge in [0.25, 0.3) is 0 Å². The minimum atomic E-state index is -0.503. The molecule has 0 atom stereocenters. The highest BCUT2D eigenvalue weighted by Gasteiger charge is 2.13. The standard InChI is InChI=1S/C20H22O5/c1-4-12-23-17-10-8-15(9-11-17)19(21)25-18-7-5-6-16(13-18)20(22)24-14(2)3/h5-11,13-14H,4,12H2,1-3H3. The fraction of sp³-hybridized carbons (Fsp3) is 0.300. The van der Waals surface area contributed by atoms with Crippen molar-refractivity contribution in [1.29, 1.82) is 0 Å². The van der Waals surface area contributed by atoms with Gasteiger partial charge in [0.1, 0.15) is 11.5 Å². The summed E-state index contributed by atoms with van der Waals surface area (Å²) < 4.78 is 15.9. The number of hydrogen-bond acceptors (Lipinski definition) is 5. The van der Waals surface area contributed by atoms with Gasteiger partial charge in [0.2, 0.25) is 0 Å². The lowest BCUT2D eigenvalue weighted by molar-refractivity contribution is 0.0376. The van der Waals surface area contributed by atoms with Gasteiger partial charge >= 0.3 is 11.9 Å². The van der Waals surface area contributed by atoms with Crippen molar-refractivity contribution in [2.75, 3.05) is 6.61 Å². The van der Waals surface area contributed by atoms with E-state index in [1.807, 2.05) is 6.92 Å². The minimum Gasteiger partial charge on any atom is -0.494 e. The van der Waals surface area contributed by atoms with E-state index >= 15 is 0 Å². The zero-order valence-electron chi connectivity index (χ0n) is 14.7. The monoisotopic (exact) mass is 342 g/mol. The summed E-state index contributed by atoms with van der Waals surface area (Å²) in [6.07, 6.45) is 0.700. The maximum atomic E-state index is 12.2. The molecule has 0 N–H and O–H groups in total. The SMILES string of the molecule is CCCOc1ccc(C(=O)Oc2cccc(C(=O)OC(C)C)c2)cc1. The van der Waals surface area contributed by atoms with Crippen LogP contribution in [0.25, 0.3) is 0 Å². The van der Waals surface area contributed by atoms with Crippen molar-refractivity contribution in [3.8, 4) is 11.5 Å². The topological polar surface area (TPSA) is 61.8 Å². The fourth-order valence-electron chi connectivity index (χ4n) is 2.04. The molecule has 0 heterocycles. The summed E-state index contributed by atoms with van der Waals surface area (Å²) in [4.78, 5) is 24.1. The molecular formula is C20H22O5. The number of carbonyl (C=O) groups is 2. The first-order chi connectivity index (χ1) is 12.0. The van der Waals surface area contributed by atoms with Gasteiger partial charge in [-0.3, -0.25) is 0 Å². The lowest BCUT2D eigenvalue weighted by Crippen LogP contribution is -2.12. The molecule has 0 aromatic heterocycles. The molecule has 2 rings (SSSR count). The minimum absolute atomic E-state index is 0.216. The van der Waals surface area contributed by atoms with E-state index < -0.39 is 11.9 Å². The van der Waals surface area contributed by atoms with E-state index in [1.165, 1.54) is 6.07 Å². The van der Waals surface area contributed by atoms with Gasteiger partial charge in [-0.1, -0.05) is 13.0 Å². The Morgan fingerprint density at radius 3 is 2.28 bits per heavy atom. The Bertz CT molecular complexity index is 719. The molecule has 2 aromatic rings. The molecule has 0 aliphatic heterocycles. The van der Waals surface area contributed by atoms with Crippen LogP contribution >= 0.6 is 0 Å².